The molecule has 1 heterocycles. The molecule has 1 saturated carbocycles. The van der Waals surface area contributed by atoms with Crippen LogP contribution in [0.3, 0.4) is 0 Å². The summed E-state index contributed by atoms with van der Waals surface area (Å²) in [6, 6.07) is 0. The molecule has 0 radical (unpaired) electrons. The monoisotopic (exact) mass is 254 g/mol. The maximum atomic E-state index is 10.5. The van der Waals surface area contributed by atoms with Crippen LogP contribution < -0.4 is 0 Å². The van der Waals surface area contributed by atoms with Crippen LogP contribution in [0.15, 0.2) is 0 Å². The zero-order valence-corrected chi connectivity index (χ0v) is 10.4. The van der Waals surface area contributed by atoms with Crippen molar-refractivity contribution in [1.29, 1.82) is 0 Å². The van der Waals surface area contributed by atoms with E-state index in [1.54, 1.807) is 4.68 Å². The number of hydrogen-bond donors (Lipinski definition) is 1. The Balaban J connectivity index is 1.80. The van der Waals surface area contributed by atoms with E-state index in [0.29, 0.717) is 18.6 Å². The number of carbonyl (C=O) groups is 1. The van der Waals surface area contributed by atoms with Gasteiger partial charge < -0.3 is 9.84 Å². The average molecular weight is 254 g/mol. The topological polar surface area (TPSA) is 90.1 Å². The summed E-state index contributed by atoms with van der Waals surface area (Å²) in [5.74, 6) is 0.490. The highest BCUT2D eigenvalue weighted by atomic mass is 16.5. The molecular formula is C11H18N4O3. The van der Waals surface area contributed by atoms with Gasteiger partial charge in [0, 0.05) is 13.0 Å². The summed E-state index contributed by atoms with van der Waals surface area (Å²) in [6.07, 6.45) is 3.31. The molecule has 1 aromatic heterocycles. The predicted octanol–water partition coefficient (Wildman–Crippen LogP) is 0.505. The van der Waals surface area contributed by atoms with Crippen LogP contribution in [0.1, 0.15) is 32.0 Å². The van der Waals surface area contributed by atoms with Gasteiger partial charge in [0.25, 0.3) is 0 Å². The van der Waals surface area contributed by atoms with E-state index in [1.165, 1.54) is 0 Å². The minimum atomic E-state index is -0.837. The lowest BCUT2D eigenvalue weighted by molar-refractivity contribution is -0.137. The summed E-state index contributed by atoms with van der Waals surface area (Å²) >= 11 is 0. The molecule has 7 heteroatoms. The Morgan fingerprint density at radius 2 is 2.33 bits per heavy atom. The summed E-state index contributed by atoms with van der Waals surface area (Å²) in [6.45, 7) is 3.09. The van der Waals surface area contributed by atoms with Gasteiger partial charge >= 0.3 is 5.97 Å². The zero-order chi connectivity index (χ0) is 13.0. The Kier molecular flexibility index (Phi) is 4.24. The van der Waals surface area contributed by atoms with E-state index >= 15 is 0 Å². The standard InChI is InChI=1S/C11H18N4O3/c1-2-18-9-5-8(6-9)7-10-12-13-14-15(10)4-3-11(16)17/h8-9H,2-7H2,1H3,(H,16,17). The minimum absolute atomic E-state index is 0.0459. The smallest absolute Gasteiger partial charge is 0.305 e. The highest BCUT2D eigenvalue weighted by Gasteiger charge is 2.30. The summed E-state index contributed by atoms with van der Waals surface area (Å²) in [5, 5.41) is 20.0. The Labute approximate surface area is 105 Å². The van der Waals surface area contributed by atoms with Crippen molar-refractivity contribution in [3.8, 4) is 0 Å². The molecule has 1 aliphatic carbocycles. The lowest BCUT2D eigenvalue weighted by Gasteiger charge is -2.34. The van der Waals surface area contributed by atoms with Crippen LogP contribution in [0, 0.1) is 5.92 Å². The first-order valence-electron chi connectivity index (χ1n) is 6.27. The van der Waals surface area contributed by atoms with Gasteiger partial charge in [-0.25, -0.2) is 4.68 Å². The first-order chi connectivity index (χ1) is 8.69. The van der Waals surface area contributed by atoms with Crippen molar-refractivity contribution >= 4 is 5.97 Å². The van der Waals surface area contributed by atoms with Crippen molar-refractivity contribution in [3.05, 3.63) is 5.82 Å². The van der Waals surface area contributed by atoms with E-state index in [1.807, 2.05) is 6.92 Å². The molecule has 7 nitrogen and oxygen atoms in total. The molecule has 0 saturated heterocycles. The Morgan fingerprint density at radius 1 is 1.56 bits per heavy atom. The van der Waals surface area contributed by atoms with Crippen LogP contribution in [0.4, 0.5) is 0 Å². The molecule has 0 bridgehead atoms. The number of hydrogen-bond acceptors (Lipinski definition) is 5. The van der Waals surface area contributed by atoms with Gasteiger partial charge in [-0.1, -0.05) is 0 Å². The van der Waals surface area contributed by atoms with Gasteiger partial charge in [-0.2, -0.15) is 0 Å². The fraction of sp³-hybridized carbons (Fsp3) is 0.818. The van der Waals surface area contributed by atoms with Crippen LogP contribution in [-0.2, 0) is 22.5 Å². The van der Waals surface area contributed by atoms with Crippen molar-refractivity contribution in [2.75, 3.05) is 6.61 Å². The van der Waals surface area contributed by atoms with Gasteiger partial charge in [-0.3, -0.25) is 4.79 Å². The molecule has 0 unspecified atom stereocenters. The third kappa shape index (κ3) is 3.25. The fourth-order valence-corrected chi connectivity index (χ4v) is 2.22. The second kappa shape index (κ2) is 5.90. The first kappa shape index (κ1) is 12.9. The van der Waals surface area contributed by atoms with Gasteiger partial charge in [0.05, 0.1) is 19.1 Å². The van der Waals surface area contributed by atoms with E-state index in [0.717, 1.165) is 31.7 Å². The van der Waals surface area contributed by atoms with Crippen molar-refractivity contribution in [1.82, 2.24) is 20.2 Å². The van der Waals surface area contributed by atoms with Crippen LogP contribution in [0.2, 0.25) is 0 Å². The number of rotatable bonds is 7. The molecule has 0 aromatic carbocycles. The highest BCUT2D eigenvalue weighted by molar-refractivity contribution is 5.66. The Bertz CT molecular complexity index is 401. The largest absolute Gasteiger partial charge is 0.481 e. The SMILES string of the molecule is CCOC1CC(Cc2nnnn2CCC(=O)O)C1. The van der Waals surface area contributed by atoms with Gasteiger partial charge in [0.15, 0.2) is 5.82 Å². The van der Waals surface area contributed by atoms with Crippen molar-refractivity contribution in [2.24, 2.45) is 5.92 Å². The van der Waals surface area contributed by atoms with Crippen molar-refractivity contribution in [3.63, 3.8) is 0 Å². The summed E-state index contributed by atoms with van der Waals surface area (Å²) in [7, 11) is 0. The minimum Gasteiger partial charge on any atom is -0.481 e. The lowest BCUT2D eigenvalue weighted by atomic mass is 9.80. The maximum Gasteiger partial charge on any atom is 0.305 e. The summed E-state index contributed by atoms with van der Waals surface area (Å²) in [5.41, 5.74) is 0. The fourth-order valence-electron chi connectivity index (χ4n) is 2.22. The Hall–Kier alpha value is -1.50. The maximum absolute atomic E-state index is 10.5. The molecule has 0 atom stereocenters. The molecule has 0 spiro atoms. The van der Waals surface area contributed by atoms with Crippen molar-refractivity contribution in [2.45, 2.75) is 45.3 Å². The molecule has 18 heavy (non-hydrogen) atoms. The second-order valence-electron chi connectivity index (χ2n) is 4.58. The second-order valence-corrected chi connectivity index (χ2v) is 4.58. The van der Waals surface area contributed by atoms with Gasteiger partial charge in [-0.05, 0) is 36.1 Å². The van der Waals surface area contributed by atoms with Gasteiger partial charge in [-0.15, -0.1) is 5.10 Å². The van der Waals surface area contributed by atoms with E-state index in [4.69, 9.17) is 9.84 Å². The molecule has 1 aromatic rings. The third-order valence-electron chi connectivity index (χ3n) is 3.21. The highest BCUT2D eigenvalue weighted by Crippen LogP contribution is 2.32. The number of carboxylic acid groups (broad SMARTS) is 1. The van der Waals surface area contributed by atoms with Crippen LogP contribution >= 0.6 is 0 Å². The van der Waals surface area contributed by atoms with Crippen LogP contribution in [0.5, 0.6) is 0 Å². The van der Waals surface area contributed by atoms with Crippen LogP contribution in [-0.4, -0.2) is 44.0 Å². The van der Waals surface area contributed by atoms with E-state index in [-0.39, 0.29) is 6.42 Å². The number of aromatic nitrogens is 4. The molecule has 2 rings (SSSR count). The van der Waals surface area contributed by atoms with Crippen molar-refractivity contribution < 1.29 is 14.6 Å². The molecular weight excluding hydrogens is 236 g/mol. The number of nitrogens with zero attached hydrogens (tertiary/aromatic N) is 4. The number of aliphatic carboxylic acids is 1. The lowest BCUT2D eigenvalue weighted by Crippen LogP contribution is -2.33. The quantitative estimate of drug-likeness (QED) is 0.762. The zero-order valence-electron chi connectivity index (χ0n) is 10.4. The molecule has 0 aliphatic heterocycles. The number of aryl methyl sites for hydroxylation is 1. The van der Waals surface area contributed by atoms with E-state index < -0.39 is 5.97 Å². The predicted molar refractivity (Wildman–Crippen MR) is 61.9 cm³/mol. The number of carboxylic acids is 1. The average Bonchev–Trinajstić information content (AvgIpc) is 2.71. The molecule has 100 valence electrons. The Morgan fingerprint density at radius 3 is 3.00 bits per heavy atom. The molecule has 0 amide bonds. The van der Waals surface area contributed by atoms with Gasteiger partial charge in [0.2, 0.25) is 0 Å². The normalized spacial score (nSPS) is 22.7. The molecule has 1 aliphatic rings. The van der Waals surface area contributed by atoms with Crippen LogP contribution in [0.25, 0.3) is 0 Å². The number of ether oxygens (including phenoxy) is 1. The third-order valence-corrected chi connectivity index (χ3v) is 3.21. The van der Waals surface area contributed by atoms with E-state index in [2.05, 4.69) is 15.5 Å². The number of tetrazole rings is 1. The molecule has 1 fully saturated rings. The summed E-state index contributed by atoms with van der Waals surface area (Å²) in [4.78, 5) is 10.5. The molecule has 1 N–H and O–H groups in total. The summed E-state index contributed by atoms with van der Waals surface area (Å²) < 4.78 is 7.09. The first-order valence-corrected chi connectivity index (χ1v) is 6.27. The van der Waals surface area contributed by atoms with E-state index in [9.17, 15) is 4.79 Å². The van der Waals surface area contributed by atoms with Gasteiger partial charge in [0.1, 0.15) is 0 Å².